The molecule has 4 aromatic rings. The highest BCUT2D eigenvalue weighted by molar-refractivity contribution is 8.28. The molecule has 2 nitrogen and oxygen atoms in total. The minimum atomic E-state index is -2.44. The Morgan fingerprint density at radius 2 is 1.22 bits per heavy atom. The molecule has 1 heterocycles. The van der Waals surface area contributed by atoms with E-state index in [1.165, 1.54) is 12.1 Å². The van der Waals surface area contributed by atoms with Gasteiger partial charge in [0.05, 0.1) is 17.4 Å². The van der Waals surface area contributed by atoms with Crippen LogP contribution in [0.5, 0.6) is 0 Å². The number of benzene rings is 4. The second-order valence-corrected chi connectivity index (χ2v) is 11.7. The van der Waals surface area contributed by atoms with Crippen molar-refractivity contribution < 1.29 is 4.39 Å². The minimum absolute atomic E-state index is 0.279. The number of anilines is 1. The van der Waals surface area contributed by atoms with Crippen LogP contribution in [0, 0.1) is 5.82 Å². The molecule has 1 aliphatic heterocycles. The van der Waals surface area contributed by atoms with E-state index in [9.17, 15) is 4.39 Å². The Bertz CT molecular complexity index is 1340. The summed E-state index contributed by atoms with van der Waals surface area (Å²) >= 11 is 6.42. The Morgan fingerprint density at radius 1 is 0.656 bits per heavy atom. The van der Waals surface area contributed by atoms with E-state index in [2.05, 4.69) is 30.1 Å². The fourth-order valence-corrected chi connectivity index (χ4v) is 7.35. The predicted molar refractivity (Wildman–Crippen MR) is 137 cm³/mol. The van der Waals surface area contributed by atoms with Gasteiger partial charge in [0.25, 0.3) is 0 Å². The molecule has 5 rings (SSSR count). The number of hydrogen-bond acceptors (Lipinski definition) is 3. The maximum Gasteiger partial charge on any atom is 0.123 e. The second kappa shape index (κ2) is 8.66. The van der Waals surface area contributed by atoms with E-state index < -0.39 is 6.04 Å². The molecule has 1 atom stereocenters. The molecule has 156 valence electrons. The van der Waals surface area contributed by atoms with Crippen molar-refractivity contribution in [2.45, 2.75) is 0 Å². The van der Waals surface area contributed by atoms with Crippen LogP contribution in [0.15, 0.2) is 126 Å². The third kappa shape index (κ3) is 3.84. The van der Waals surface area contributed by atoms with E-state index in [-0.39, 0.29) is 5.82 Å². The summed E-state index contributed by atoms with van der Waals surface area (Å²) in [5, 5.41) is 8.14. The Kier molecular flexibility index (Phi) is 5.57. The molecular formula is C27H20FN2PS. The molecule has 0 N–H and O–H groups in total. The number of halogens is 1. The highest BCUT2D eigenvalue weighted by Gasteiger charge is 2.33. The number of hydrogen-bond donors (Lipinski definition) is 0. The van der Waals surface area contributed by atoms with Crippen LogP contribution < -0.4 is 10.3 Å². The molecule has 0 radical (unpaired) electrons. The first-order valence-corrected chi connectivity index (χ1v) is 13.2. The van der Waals surface area contributed by atoms with Crippen molar-refractivity contribution in [3.05, 3.63) is 138 Å². The Hall–Kier alpha value is -3.33. The van der Waals surface area contributed by atoms with E-state index in [4.69, 9.17) is 16.9 Å². The number of rotatable bonds is 4. The van der Waals surface area contributed by atoms with Gasteiger partial charge in [-0.2, -0.15) is 5.10 Å². The quantitative estimate of drug-likeness (QED) is 0.315. The maximum atomic E-state index is 13.7. The van der Waals surface area contributed by atoms with Crippen LogP contribution >= 0.6 is 6.04 Å². The standard InChI is InChI=1S/C27H20FN2PS/c28-23-18-16-22(17-19-23)27-29-30(24-12-6-2-7-13-24)26(21-10-4-1-5-11-21)20-31(27,32)25-14-8-3-9-15-25/h1-20H. The molecule has 0 bridgehead atoms. The molecular weight excluding hydrogens is 434 g/mol. The van der Waals surface area contributed by atoms with E-state index in [0.29, 0.717) is 0 Å². The van der Waals surface area contributed by atoms with Crippen molar-refractivity contribution in [1.82, 2.24) is 0 Å². The predicted octanol–water partition coefficient (Wildman–Crippen LogP) is 6.81. The normalized spacial score (nSPS) is 18.1. The van der Waals surface area contributed by atoms with Gasteiger partial charge in [0.1, 0.15) is 11.3 Å². The first kappa shape index (κ1) is 20.6. The molecule has 5 heteroatoms. The third-order valence-electron chi connectivity index (χ3n) is 5.35. The van der Waals surface area contributed by atoms with Crippen LogP contribution in [-0.4, -0.2) is 5.45 Å². The minimum Gasteiger partial charge on any atom is -0.232 e. The summed E-state index contributed by atoms with van der Waals surface area (Å²) in [4.78, 5) is 0. The largest absolute Gasteiger partial charge is 0.232 e. The van der Waals surface area contributed by atoms with E-state index in [0.717, 1.165) is 33.3 Å². The van der Waals surface area contributed by atoms with Crippen molar-refractivity contribution >= 4 is 40.0 Å². The smallest absolute Gasteiger partial charge is 0.123 e. The maximum absolute atomic E-state index is 13.7. The molecule has 0 amide bonds. The van der Waals surface area contributed by atoms with Crippen LogP contribution in [0.3, 0.4) is 0 Å². The molecule has 0 saturated carbocycles. The van der Waals surface area contributed by atoms with Crippen LogP contribution in [0.25, 0.3) is 5.70 Å². The third-order valence-corrected chi connectivity index (χ3v) is 9.47. The van der Waals surface area contributed by atoms with E-state index >= 15 is 0 Å². The van der Waals surface area contributed by atoms with Crippen molar-refractivity contribution in [3.63, 3.8) is 0 Å². The SMILES string of the molecule is Fc1ccc(C2=NN(c3ccccc3)C(c3ccccc3)=CP2(=S)c2ccccc2)cc1. The average Bonchev–Trinajstić information content (AvgIpc) is 2.86. The fraction of sp³-hybridized carbons (Fsp3) is 0. The molecule has 0 aliphatic carbocycles. The van der Waals surface area contributed by atoms with E-state index in [1.807, 2.05) is 71.7 Å². The molecule has 4 aromatic carbocycles. The van der Waals surface area contributed by atoms with E-state index in [1.54, 1.807) is 12.1 Å². The van der Waals surface area contributed by atoms with Crippen molar-refractivity contribution in [3.8, 4) is 0 Å². The molecule has 0 aromatic heterocycles. The number of nitrogens with zero attached hydrogens (tertiary/aromatic N) is 2. The zero-order valence-corrected chi connectivity index (χ0v) is 18.9. The summed E-state index contributed by atoms with van der Waals surface area (Å²) in [6, 6.07) is 34.4. The lowest BCUT2D eigenvalue weighted by molar-refractivity contribution is 0.628. The van der Waals surface area contributed by atoms with Crippen molar-refractivity contribution in [2.75, 3.05) is 5.01 Å². The number of para-hydroxylation sites is 1. The zero-order chi connectivity index (χ0) is 22.0. The summed E-state index contributed by atoms with van der Waals surface area (Å²) in [5.74, 6) is 1.92. The Balaban J connectivity index is 1.78. The van der Waals surface area contributed by atoms with Gasteiger partial charge in [0.15, 0.2) is 0 Å². The zero-order valence-electron chi connectivity index (χ0n) is 17.2. The lowest BCUT2D eigenvalue weighted by Gasteiger charge is -2.33. The Labute approximate surface area is 192 Å². The summed E-state index contributed by atoms with van der Waals surface area (Å²) < 4.78 is 13.7. The van der Waals surface area contributed by atoms with Gasteiger partial charge in [0, 0.05) is 11.1 Å². The lowest BCUT2D eigenvalue weighted by atomic mass is 10.1. The van der Waals surface area contributed by atoms with Gasteiger partial charge in [-0.25, -0.2) is 9.40 Å². The molecule has 0 fully saturated rings. The van der Waals surface area contributed by atoms with Gasteiger partial charge in [0.2, 0.25) is 0 Å². The van der Waals surface area contributed by atoms with Gasteiger partial charge in [-0.1, -0.05) is 90.7 Å². The van der Waals surface area contributed by atoms with Crippen molar-refractivity contribution in [2.24, 2.45) is 5.10 Å². The highest BCUT2D eigenvalue weighted by atomic mass is 32.4. The summed E-state index contributed by atoms with van der Waals surface area (Å²) in [6.45, 7) is 0. The monoisotopic (exact) mass is 454 g/mol. The first-order valence-electron chi connectivity index (χ1n) is 10.3. The molecule has 32 heavy (non-hydrogen) atoms. The molecule has 0 saturated heterocycles. The van der Waals surface area contributed by atoms with Gasteiger partial charge >= 0.3 is 0 Å². The van der Waals surface area contributed by atoms with Gasteiger partial charge < -0.3 is 0 Å². The van der Waals surface area contributed by atoms with Gasteiger partial charge in [-0.05, 0) is 47.5 Å². The molecule has 0 spiro atoms. The van der Waals surface area contributed by atoms with Crippen LogP contribution in [0.1, 0.15) is 11.1 Å². The second-order valence-electron chi connectivity index (χ2n) is 7.45. The van der Waals surface area contributed by atoms with Crippen LogP contribution in [-0.2, 0) is 11.8 Å². The Morgan fingerprint density at radius 3 is 1.84 bits per heavy atom. The lowest BCUT2D eigenvalue weighted by Crippen LogP contribution is -2.25. The fourth-order valence-electron chi connectivity index (χ4n) is 3.77. The number of hydrazone groups is 1. The summed E-state index contributed by atoms with van der Waals surface area (Å²) in [7, 11) is 0. The first-order chi connectivity index (χ1) is 15.6. The van der Waals surface area contributed by atoms with Gasteiger partial charge in [-0.15, -0.1) is 0 Å². The average molecular weight is 455 g/mol. The van der Waals surface area contributed by atoms with Crippen molar-refractivity contribution in [1.29, 1.82) is 0 Å². The molecule has 1 unspecified atom stereocenters. The topological polar surface area (TPSA) is 15.6 Å². The molecule has 1 aliphatic rings. The van der Waals surface area contributed by atoms with Crippen LogP contribution in [0.4, 0.5) is 10.1 Å². The summed E-state index contributed by atoms with van der Waals surface area (Å²) in [5.41, 5.74) is 4.57. The van der Waals surface area contributed by atoms with Crippen LogP contribution in [0.2, 0.25) is 0 Å². The summed E-state index contributed by atoms with van der Waals surface area (Å²) in [6.07, 6.45) is 0. The van der Waals surface area contributed by atoms with Gasteiger partial charge in [-0.3, -0.25) is 0 Å². The highest BCUT2D eigenvalue weighted by Crippen LogP contribution is 2.55.